The third kappa shape index (κ3) is 1.66. The molecule has 54 valence electrons. The molecule has 1 aromatic carbocycles. The molecule has 0 aromatic heterocycles. The summed E-state index contributed by atoms with van der Waals surface area (Å²) in [7, 11) is 0. The second-order valence-electron chi connectivity index (χ2n) is 1.92. The number of ketones is 1. The molecule has 0 amide bonds. The van der Waals surface area contributed by atoms with Crippen molar-refractivity contribution in [3.63, 3.8) is 0 Å². The van der Waals surface area contributed by atoms with Crippen LogP contribution in [0.1, 0.15) is 10.4 Å². The minimum atomic E-state index is -0.516. The molecule has 0 aliphatic heterocycles. The topological polar surface area (TPSA) is 40.9 Å². The number of halogens is 1. The molecule has 2 nitrogen and oxygen atoms in total. The average molecular weight is 210 g/mol. The van der Waals surface area contributed by atoms with E-state index in [4.69, 9.17) is 5.26 Å². The monoisotopic (exact) mass is 209 g/mol. The van der Waals surface area contributed by atoms with Crippen LogP contribution in [0.3, 0.4) is 0 Å². The zero-order valence-corrected chi connectivity index (χ0v) is 7.13. The Kier molecular flexibility index (Phi) is 2.40. The van der Waals surface area contributed by atoms with E-state index in [0.717, 1.165) is 0 Å². The van der Waals surface area contributed by atoms with Gasteiger partial charge in [-0.2, -0.15) is 5.26 Å². The highest BCUT2D eigenvalue weighted by atomic mass is 79.9. The molecule has 1 aromatic rings. The van der Waals surface area contributed by atoms with E-state index in [2.05, 4.69) is 15.9 Å². The second kappa shape index (κ2) is 3.31. The molecule has 11 heavy (non-hydrogen) atoms. The second-order valence-corrected chi connectivity index (χ2v) is 2.78. The predicted octanol–water partition coefficient (Wildman–Crippen LogP) is 2.16. The summed E-state index contributed by atoms with van der Waals surface area (Å²) in [6.07, 6.45) is 0. The van der Waals surface area contributed by atoms with E-state index in [-0.39, 0.29) is 0 Å². The van der Waals surface area contributed by atoms with Crippen LogP contribution in [0, 0.1) is 11.3 Å². The van der Waals surface area contributed by atoms with E-state index in [1.165, 1.54) is 0 Å². The summed E-state index contributed by atoms with van der Waals surface area (Å²) >= 11 is 3.17. The fraction of sp³-hybridized carbons (Fsp3) is 0. The fourth-order valence-corrected chi connectivity index (χ4v) is 1.17. The van der Waals surface area contributed by atoms with Crippen molar-refractivity contribution in [2.75, 3.05) is 0 Å². The van der Waals surface area contributed by atoms with Gasteiger partial charge < -0.3 is 0 Å². The zero-order valence-electron chi connectivity index (χ0n) is 5.54. The maximum absolute atomic E-state index is 10.8. The Balaban J connectivity index is 3.16. The first kappa shape index (κ1) is 7.96. The van der Waals surface area contributed by atoms with Gasteiger partial charge in [-0.15, -0.1) is 0 Å². The Hall–Kier alpha value is -1.14. The molecule has 0 saturated carbocycles. The number of carbonyl (C=O) groups is 1. The molecule has 0 heterocycles. The molecule has 0 N–H and O–H groups in total. The van der Waals surface area contributed by atoms with Gasteiger partial charge in [0.2, 0.25) is 0 Å². The van der Waals surface area contributed by atoms with Crippen molar-refractivity contribution in [3.05, 3.63) is 34.3 Å². The Labute approximate surface area is 72.6 Å². The van der Waals surface area contributed by atoms with Gasteiger partial charge in [0, 0.05) is 10.0 Å². The van der Waals surface area contributed by atoms with E-state index in [9.17, 15) is 4.79 Å². The molecule has 0 aliphatic carbocycles. The highest BCUT2D eigenvalue weighted by Crippen LogP contribution is 2.15. The average Bonchev–Trinajstić information content (AvgIpc) is 2.04. The first-order valence-electron chi connectivity index (χ1n) is 2.94. The Morgan fingerprint density at radius 3 is 2.64 bits per heavy atom. The van der Waals surface area contributed by atoms with Gasteiger partial charge in [0.25, 0.3) is 5.78 Å². The minimum Gasteiger partial charge on any atom is -0.277 e. The Bertz CT molecular complexity index is 327. The highest BCUT2D eigenvalue weighted by Gasteiger charge is 2.06. The summed E-state index contributed by atoms with van der Waals surface area (Å²) in [4.78, 5) is 10.8. The number of hydrogen-bond acceptors (Lipinski definition) is 2. The maximum Gasteiger partial charge on any atom is 0.263 e. The molecular weight excluding hydrogens is 206 g/mol. The van der Waals surface area contributed by atoms with Crippen molar-refractivity contribution >= 4 is 21.7 Å². The van der Waals surface area contributed by atoms with Crippen LogP contribution in [0.25, 0.3) is 0 Å². The third-order valence-corrected chi connectivity index (χ3v) is 1.91. The van der Waals surface area contributed by atoms with Gasteiger partial charge in [-0.25, -0.2) is 0 Å². The lowest BCUT2D eigenvalue weighted by atomic mass is 10.1. The van der Waals surface area contributed by atoms with Crippen LogP contribution in [-0.4, -0.2) is 5.78 Å². The van der Waals surface area contributed by atoms with Gasteiger partial charge in [-0.05, 0) is 12.1 Å². The van der Waals surface area contributed by atoms with Gasteiger partial charge in [0.15, 0.2) is 0 Å². The van der Waals surface area contributed by atoms with Crippen molar-refractivity contribution < 1.29 is 4.79 Å². The van der Waals surface area contributed by atoms with E-state index in [1.54, 1.807) is 30.3 Å². The molecule has 0 saturated heterocycles. The number of rotatable bonds is 1. The number of nitrogens with zero attached hydrogens (tertiary/aromatic N) is 1. The van der Waals surface area contributed by atoms with Gasteiger partial charge in [-0.3, -0.25) is 4.79 Å². The molecule has 3 heteroatoms. The number of benzene rings is 1. The molecule has 0 spiro atoms. The van der Waals surface area contributed by atoms with E-state index in [0.29, 0.717) is 10.0 Å². The summed E-state index contributed by atoms with van der Waals surface area (Å²) < 4.78 is 0.659. The third-order valence-electron chi connectivity index (χ3n) is 1.22. The maximum atomic E-state index is 10.8. The Morgan fingerprint density at radius 2 is 2.09 bits per heavy atom. The summed E-state index contributed by atoms with van der Waals surface area (Å²) in [6.45, 7) is 0. The van der Waals surface area contributed by atoms with Crippen LogP contribution in [0.5, 0.6) is 0 Å². The van der Waals surface area contributed by atoms with Crippen LogP contribution in [0.2, 0.25) is 0 Å². The lowest BCUT2D eigenvalue weighted by Crippen LogP contribution is -1.94. The van der Waals surface area contributed by atoms with Crippen molar-refractivity contribution in [2.45, 2.75) is 0 Å². The molecule has 0 bridgehead atoms. The SMILES string of the molecule is N#CC(=O)c1ccccc1Br. The van der Waals surface area contributed by atoms with E-state index < -0.39 is 5.78 Å². The molecule has 0 atom stereocenters. The molecule has 1 rings (SSSR count). The highest BCUT2D eigenvalue weighted by molar-refractivity contribution is 9.10. The van der Waals surface area contributed by atoms with E-state index in [1.807, 2.05) is 0 Å². The van der Waals surface area contributed by atoms with Crippen LogP contribution < -0.4 is 0 Å². The largest absolute Gasteiger partial charge is 0.277 e. The van der Waals surface area contributed by atoms with Crippen LogP contribution >= 0.6 is 15.9 Å². The van der Waals surface area contributed by atoms with Crippen molar-refractivity contribution in [1.29, 1.82) is 5.26 Å². The summed E-state index contributed by atoms with van der Waals surface area (Å²) in [5, 5.41) is 8.29. The van der Waals surface area contributed by atoms with E-state index >= 15 is 0 Å². The quantitative estimate of drug-likeness (QED) is 0.526. The fourth-order valence-electron chi connectivity index (χ4n) is 0.706. The van der Waals surface area contributed by atoms with Crippen molar-refractivity contribution in [3.8, 4) is 6.07 Å². The molecule has 0 radical (unpaired) electrons. The first-order chi connectivity index (χ1) is 5.25. The standard InChI is InChI=1S/C8H4BrNO/c9-7-4-2-1-3-6(7)8(11)5-10/h1-4H. The number of carbonyl (C=O) groups excluding carboxylic acids is 1. The molecular formula is C8H4BrNO. The first-order valence-corrected chi connectivity index (χ1v) is 3.74. The molecule has 0 aliphatic rings. The van der Waals surface area contributed by atoms with Crippen molar-refractivity contribution in [2.24, 2.45) is 0 Å². The summed E-state index contributed by atoms with van der Waals surface area (Å²) in [5.74, 6) is -0.516. The smallest absolute Gasteiger partial charge is 0.263 e. The molecule has 0 unspecified atom stereocenters. The van der Waals surface area contributed by atoms with Crippen molar-refractivity contribution in [1.82, 2.24) is 0 Å². The number of hydrogen-bond donors (Lipinski definition) is 0. The van der Waals surface area contributed by atoms with Gasteiger partial charge in [0.05, 0.1) is 0 Å². The van der Waals surface area contributed by atoms with Crippen LogP contribution in [0.4, 0.5) is 0 Å². The zero-order chi connectivity index (χ0) is 8.27. The lowest BCUT2D eigenvalue weighted by Gasteiger charge is -1.94. The van der Waals surface area contributed by atoms with Gasteiger partial charge in [0.1, 0.15) is 6.07 Å². The predicted molar refractivity (Wildman–Crippen MR) is 44.1 cm³/mol. The normalized spacial score (nSPS) is 8.73. The van der Waals surface area contributed by atoms with Crippen LogP contribution in [-0.2, 0) is 0 Å². The Morgan fingerprint density at radius 1 is 1.45 bits per heavy atom. The summed E-state index contributed by atoms with van der Waals surface area (Å²) in [6, 6.07) is 8.39. The van der Waals surface area contributed by atoms with Gasteiger partial charge in [-0.1, -0.05) is 28.1 Å². The molecule has 0 fully saturated rings. The minimum absolute atomic E-state index is 0.412. The van der Waals surface area contributed by atoms with Gasteiger partial charge >= 0.3 is 0 Å². The summed E-state index contributed by atoms with van der Waals surface area (Å²) in [5.41, 5.74) is 0.412. The van der Waals surface area contributed by atoms with Crippen LogP contribution in [0.15, 0.2) is 28.7 Å². The lowest BCUT2D eigenvalue weighted by molar-refractivity contribution is 0.105. The number of nitriles is 1. The number of Topliss-reactive ketones (excluding diaryl/α,β-unsaturated/α-hetero) is 1.